The average Bonchev–Trinajstić information content (AvgIpc) is 3.15. The molecule has 1 aromatic carbocycles. The summed E-state index contributed by atoms with van der Waals surface area (Å²) in [6.45, 7) is 1.99. The molecule has 7 heteroatoms. The van der Waals surface area contributed by atoms with Gasteiger partial charge in [0, 0.05) is 61.7 Å². The van der Waals surface area contributed by atoms with Crippen LogP contribution in [-0.2, 0) is 17.8 Å². The fourth-order valence-corrected chi connectivity index (χ4v) is 4.90. The van der Waals surface area contributed by atoms with E-state index < -0.39 is 0 Å². The molecule has 7 nitrogen and oxygen atoms in total. The molecule has 1 fully saturated rings. The van der Waals surface area contributed by atoms with E-state index in [2.05, 4.69) is 26.3 Å². The van der Waals surface area contributed by atoms with Gasteiger partial charge in [0.05, 0.1) is 12.0 Å². The molecule has 1 saturated heterocycles. The number of fused-ring (bicyclic) bond motifs is 2. The van der Waals surface area contributed by atoms with Gasteiger partial charge in [-0.05, 0) is 48.7 Å². The third kappa shape index (κ3) is 4.64. The van der Waals surface area contributed by atoms with E-state index in [1.165, 1.54) is 0 Å². The first-order valence-corrected chi connectivity index (χ1v) is 11.4. The first-order valence-electron chi connectivity index (χ1n) is 11.4. The van der Waals surface area contributed by atoms with Crippen molar-refractivity contribution in [1.82, 2.24) is 20.2 Å². The highest BCUT2D eigenvalue weighted by atomic mass is 16.2. The number of amides is 2. The SMILES string of the molecule is O=C(Cc1ccccn1)NC[C@H]1CC[C@H]2CN(C(=O)c3cccnc3)c3ccccc3CN12. The van der Waals surface area contributed by atoms with Gasteiger partial charge in [-0.25, -0.2) is 0 Å². The number of nitrogens with one attached hydrogen (secondary N) is 1. The monoisotopic (exact) mass is 441 g/mol. The standard InChI is InChI=1S/C26H27N5O2/c32-25(14-21-8-3-4-13-28-21)29-16-22-10-11-23-18-31(26(33)19-7-5-12-27-15-19)24-9-2-1-6-20(24)17-30(22)23/h1-9,12-13,15,22-23H,10-11,14,16-18H2,(H,29,32)/t22-,23+/m1/s1. The third-order valence-electron chi connectivity index (χ3n) is 6.56. The highest BCUT2D eigenvalue weighted by Gasteiger charge is 2.39. The molecular formula is C26H27N5O2. The van der Waals surface area contributed by atoms with Crippen molar-refractivity contribution in [2.75, 3.05) is 18.0 Å². The van der Waals surface area contributed by atoms with Crippen LogP contribution < -0.4 is 10.2 Å². The van der Waals surface area contributed by atoms with Gasteiger partial charge in [-0.3, -0.25) is 24.5 Å². The maximum atomic E-state index is 13.4. The molecule has 0 aliphatic carbocycles. The smallest absolute Gasteiger partial charge is 0.259 e. The fraction of sp³-hybridized carbons (Fsp3) is 0.308. The zero-order chi connectivity index (χ0) is 22.6. The van der Waals surface area contributed by atoms with Gasteiger partial charge >= 0.3 is 0 Å². The number of aromatic nitrogens is 2. The Morgan fingerprint density at radius 3 is 2.70 bits per heavy atom. The number of pyridine rings is 2. The molecule has 5 rings (SSSR count). The largest absolute Gasteiger partial charge is 0.354 e. The zero-order valence-electron chi connectivity index (χ0n) is 18.4. The van der Waals surface area contributed by atoms with Gasteiger partial charge in [0.25, 0.3) is 5.91 Å². The molecule has 168 valence electrons. The van der Waals surface area contributed by atoms with E-state index in [1.807, 2.05) is 47.4 Å². The summed E-state index contributed by atoms with van der Waals surface area (Å²) >= 11 is 0. The Morgan fingerprint density at radius 1 is 1.00 bits per heavy atom. The van der Waals surface area contributed by atoms with Gasteiger partial charge in [0.1, 0.15) is 0 Å². The van der Waals surface area contributed by atoms with E-state index in [0.29, 0.717) is 18.7 Å². The maximum Gasteiger partial charge on any atom is 0.259 e. The Hall–Kier alpha value is -3.58. The number of anilines is 1. The molecule has 2 atom stereocenters. The molecule has 1 N–H and O–H groups in total. The number of rotatable bonds is 5. The molecule has 0 saturated carbocycles. The van der Waals surface area contributed by atoms with E-state index in [0.717, 1.165) is 36.3 Å². The number of hydrogen-bond acceptors (Lipinski definition) is 5. The number of carbonyl (C=O) groups excluding carboxylic acids is 2. The number of nitrogens with zero attached hydrogens (tertiary/aromatic N) is 4. The molecule has 3 aromatic rings. The Balaban J connectivity index is 1.31. The van der Waals surface area contributed by atoms with Crippen LogP contribution in [0, 0.1) is 0 Å². The van der Waals surface area contributed by atoms with Gasteiger partial charge < -0.3 is 10.2 Å². The third-order valence-corrected chi connectivity index (χ3v) is 6.56. The van der Waals surface area contributed by atoms with Crippen LogP contribution in [0.15, 0.2) is 73.2 Å². The van der Waals surface area contributed by atoms with Crippen LogP contribution in [0.5, 0.6) is 0 Å². The number of hydrogen-bond donors (Lipinski definition) is 1. The minimum absolute atomic E-state index is 0.0132. The van der Waals surface area contributed by atoms with Gasteiger partial charge in [-0.1, -0.05) is 24.3 Å². The molecule has 4 heterocycles. The first kappa shape index (κ1) is 21.3. The lowest BCUT2D eigenvalue weighted by Crippen LogP contribution is -2.46. The summed E-state index contributed by atoms with van der Waals surface area (Å²) in [7, 11) is 0. The Bertz CT molecular complexity index is 1120. The molecule has 2 aromatic heterocycles. The van der Waals surface area contributed by atoms with Crippen molar-refractivity contribution in [3.05, 3.63) is 90.0 Å². The van der Waals surface area contributed by atoms with Crippen LogP contribution >= 0.6 is 0 Å². The lowest BCUT2D eigenvalue weighted by Gasteiger charge is -2.29. The first-order chi connectivity index (χ1) is 16.2. The molecule has 0 radical (unpaired) electrons. The second-order valence-corrected chi connectivity index (χ2v) is 8.65. The second kappa shape index (κ2) is 9.50. The predicted octanol–water partition coefficient (Wildman–Crippen LogP) is 2.83. The summed E-state index contributed by atoms with van der Waals surface area (Å²) < 4.78 is 0. The van der Waals surface area contributed by atoms with Crippen molar-refractivity contribution >= 4 is 17.5 Å². The summed E-state index contributed by atoms with van der Waals surface area (Å²) in [5.74, 6) is -0.0368. The predicted molar refractivity (Wildman–Crippen MR) is 126 cm³/mol. The summed E-state index contributed by atoms with van der Waals surface area (Å²) in [5.41, 5.74) is 3.45. The molecule has 2 aliphatic heterocycles. The molecule has 2 amide bonds. The molecule has 0 unspecified atom stereocenters. The van der Waals surface area contributed by atoms with Crippen molar-refractivity contribution in [1.29, 1.82) is 0 Å². The zero-order valence-corrected chi connectivity index (χ0v) is 18.4. The van der Waals surface area contributed by atoms with Crippen molar-refractivity contribution < 1.29 is 9.59 Å². The lowest BCUT2D eigenvalue weighted by molar-refractivity contribution is -0.120. The maximum absolute atomic E-state index is 13.4. The second-order valence-electron chi connectivity index (χ2n) is 8.65. The number of carbonyl (C=O) groups is 2. The summed E-state index contributed by atoms with van der Waals surface area (Å²) in [5, 5.41) is 3.10. The van der Waals surface area contributed by atoms with Crippen LogP contribution in [0.2, 0.25) is 0 Å². The summed E-state index contributed by atoms with van der Waals surface area (Å²) in [6.07, 6.45) is 7.28. The van der Waals surface area contributed by atoms with Crippen LogP contribution in [0.25, 0.3) is 0 Å². The molecular weight excluding hydrogens is 414 g/mol. The molecule has 0 bridgehead atoms. The van der Waals surface area contributed by atoms with Crippen LogP contribution in [0.3, 0.4) is 0 Å². The molecule has 33 heavy (non-hydrogen) atoms. The van der Waals surface area contributed by atoms with Crippen LogP contribution in [-0.4, -0.2) is 51.9 Å². The van der Waals surface area contributed by atoms with E-state index in [-0.39, 0.29) is 30.3 Å². The lowest BCUT2D eigenvalue weighted by atomic mass is 10.1. The molecule has 2 aliphatic rings. The number of para-hydroxylation sites is 1. The number of benzene rings is 1. The normalized spacial score (nSPS) is 19.9. The quantitative estimate of drug-likeness (QED) is 0.659. The average molecular weight is 442 g/mol. The minimum atomic E-state index is -0.0236. The van der Waals surface area contributed by atoms with Crippen LogP contribution in [0.4, 0.5) is 5.69 Å². The highest BCUT2D eigenvalue weighted by molar-refractivity contribution is 6.06. The van der Waals surface area contributed by atoms with Crippen molar-refractivity contribution in [2.24, 2.45) is 0 Å². The minimum Gasteiger partial charge on any atom is -0.354 e. The summed E-state index contributed by atoms with van der Waals surface area (Å²) in [4.78, 5) is 38.6. The summed E-state index contributed by atoms with van der Waals surface area (Å²) in [6, 6.07) is 17.8. The Kier molecular flexibility index (Phi) is 6.13. The molecule has 0 spiro atoms. The van der Waals surface area contributed by atoms with E-state index in [1.54, 1.807) is 24.7 Å². The topological polar surface area (TPSA) is 78.4 Å². The van der Waals surface area contributed by atoms with Crippen molar-refractivity contribution in [3.63, 3.8) is 0 Å². The van der Waals surface area contributed by atoms with E-state index in [9.17, 15) is 9.59 Å². The highest BCUT2D eigenvalue weighted by Crippen LogP contribution is 2.35. The van der Waals surface area contributed by atoms with Crippen LogP contribution in [0.1, 0.15) is 34.5 Å². The van der Waals surface area contributed by atoms with Gasteiger partial charge in [0.15, 0.2) is 0 Å². The van der Waals surface area contributed by atoms with Gasteiger partial charge in [-0.15, -0.1) is 0 Å². The van der Waals surface area contributed by atoms with E-state index in [4.69, 9.17) is 0 Å². The van der Waals surface area contributed by atoms with Gasteiger partial charge in [0.2, 0.25) is 5.91 Å². The van der Waals surface area contributed by atoms with Gasteiger partial charge in [-0.2, -0.15) is 0 Å². The Morgan fingerprint density at radius 2 is 1.88 bits per heavy atom. The van der Waals surface area contributed by atoms with Crippen molar-refractivity contribution in [3.8, 4) is 0 Å². The Labute approximate surface area is 193 Å². The van der Waals surface area contributed by atoms with E-state index >= 15 is 0 Å². The fourth-order valence-electron chi connectivity index (χ4n) is 4.90. The van der Waals surface area contributed by atoms with Crippen molar-refractivity contribution in [2.45, 2.75) is 37.9 Å².